The molecule has 0 aliphatic rings. The third-order valence-electron chi connectivity index (χ3n) is 5.04. The van der Waals surface area contributed by atoms with Crippen molar-refractivity contribution in [3.8, 4) is 11.5 Å². The Morgan fingerprint density at radius 2 is 1.35 bits per heavy atom. The maximum Gasteiger partial charge on any atom is 0.253 e. The van der Waals surface area contributed by atoms with Gasteiger partial charge in [0.25, 0.3) is 11.8 Å². The molecule has 3 aromatic rings. The molecule has 0 atom stereocenters. The summed E-state index contributed by atoms with van der Waals surface area (Å²) in [6.45, 7) is 2.52. The first-order chi connectivity index (χ1) is 16.4. The van der Waals surface area contributed by atoms with E-state index in [9.17, 15) is 18.4 Å². The Bertz CT molecular complexity index is 1060. The number of rotatable bonds is 10. The minimum atomic E-state index is -0.963. The second-order valence-electron chi connectivity index (χ2n) is 7.51. The van der Waals surface area contributed by atoms with Crippen molar-refractivity contribution in [3.63, 3.8) is 0 Å². The van der Waals surface area contributed by atoms with E-state index in [2.05, 4.69) is 10.6 Å². The van der Waals surface area contributed by atoms with Gasteiger partial charge in [-0.25, -0.2) is 8.78 Å². The highest BCUT2D eigenvalue weighted by atomic mass is 19.1. The summed E-state index contributed by atoms with van der Waals surface area (Å²) in [7, 11) is 1.52. The van der Waals surface area contributed by atoms with E-state index in [-0.39, 0.29) is 11.1 Å². The molecule has 3 rings (SSSR count). The number of carbonyl (C=O) groups is 2. The van der Waals surface area contributed by atoms with Crippen LogP contribution in [0.25, 0.3) is 0 Å². The predicted octanol–water partition coefficient (Wildman–Crippen LogP) is 5.01. The molecule has 0 aromatic heterocycles. The van der Waals surface area contributed by atoms with E-state index in [1.165, 1.54) is 55.6 Å². The fourth-order valence-electron chi connectivity index (χ4n) is 3.15. The van der Waals surface area contributed by atoms with Crippen molar-refractivity contribution in [1.82, 2.24) is 10.6 Å². The van der Waals surface area contributed by atoms with Crippen LogP contribution in [0.1, 0.15) is 52.2 Å². The summed E-state index contributed by atoms with van der Waals surface area (Å²) >= 11 is 0. The van der Waals surface area contributed by atoms with Crippen LogP contribution >= 0.6 is 0 Å². The lowest BCUT2D eigenvalue weighted by Crippen LogP contribution is -2.41. The van der Waals surface area contributed by atoms with E-state index in [0.29, 0.717) is 23.7 Å². The van der Waals surface area contributed by atoms with Crippen molar-refractivity contribution in [3.05, 3.63) is 95.1 Å². The molecule has 178 valence electrons. The number of unbranched alkanes of at least 4 members (excludes halogenated alkanes) is 1. The zero-order valence-electron chi connectivity index (χ0n) is 18.9. The van der Waals surface area contributed by atoms with Crippen molar-refractivity contribution in [2.24, 2.45) is 0 Å². The first-order valence-electron chi connectivity index (χ1n) is 10.8. The summed E-state index contributed by atoms with van der Waals surface area (Å²) in [5, 5.41) is 5.50. The molecule has 0 heterocycles. The lowest BCUT2D eigenvalue weighted by Gasteiger charge is -2.22. The Morgan fingerprint density at radius 1 is 0.824 bits per heavy atom. The molecule has 0 aliphatic carbocycles. The Balaban J connectivity index is 1.90. The maximum absolute atomic E-state index is 13.3. The van der Waals surface area contributed by atoms with Crippen LogP contribution in [0.2, 0.25) is 0 Å². The summed E-state index contributed by atoms with van der Waals surface area (Å²) in [5.74, 6) is -1.01. The number of hydrogen-bond donors (Lipinski definition) is 2. The zero-order chi connectivity index (χ0) is 24.5. The summed E-state index contributed by atoms with van der Waals surface area (Å²) in [4.78, 5) is 25.7. The summed E-state index contributed by atoms with van der Waals surface area (Å²) in [6, 6.07) is 15.1. The molecule has 2 amide bonds. The third-order valence-corrected chi connectivity index (χ3v) is 5.04. The first-order valence-corrected chi connectivity index (χ1v) is 10.8. The Kier molecular flexibility index (Phi) is 8.56. The van der Waals surface area contributed by atoms with Crippen LogP contribution in [-0.4, -0.2) is 25.5 Å². The SMILES string of the molecule is CCCCOc1cc(C(NC(=O)c2ccc(F)cc2)NC(=O)c2ccc(F)cc2)ccc1OC. The molecule has 0 spiro atoms. The molecular weight excluding hydrogens is 442 g/mol. The number of hydrogen-bond acceptors (Lipinski definition) is 4. The number of nitrogens with one attached hydrogen (secondary N) is 2. The summed E-state index contributed by atoms with van der Waals surface area (Å²) in [6.07, 6.45) is 0.834. The number of ether oxygens (including phenoxy) is 2. The van der Waals surface area contributed by atoms with Gasteiger partial charge in [0.05, 0.1) is 13.7 Å². The minimum absolute atomic E-state index is 0.218. The van der Waals surface area contributed by atoms with E-state index >= 15 is 0 Å². The van der Waals surface area contributed by atoms with Gasteiger partial charge < -0.3 is 20.1 Å². The standard InChI is InChI=1S/C26H26F2N2O4/c1-3-4-15-34-23-16-19(9-14-22(23)33-2)24(29-25(31)17-5-10-20(27)11-6-17)30-26(32)18-7-12-21(28)13-8-18/h5-14,16,24H,3-4,15H2,1-2H3,(H,29,31)(H,30,32). The molecule has 2 N–H and O–H groups in total. The highest BCUT2D eigenvalue weighted by Crippen LogP contribution is 2.30. The highest BCUT2D eigenvalue weighted by Gasteiger charge is 2.21. The monoisotopic (exact) mass is 468 g/mol. The van der Waals surface area contributed by atoms with Crippen molar-refractivity contribution >= 4 is 11.8 Å². The van der Waals surface area contributed by atoms with Gasteiger partial charge in [0.2, 0.25) is 0 Å². The van der Waals surface area contributed by atoms with E-state index in [0.717, 1.165) is 12.8 Å². The Morgan fingerprint density at radius 3 is 1.82 bits per heavy atom. The van der Waals surface area contributed by atoms with Gasteiger partial charge in [-0.15, -0.1) is 0 Å². The topological polar surface area (TPSA) is 76.7 Å². The number of methoxy groups -OCH3 is 1. The van der Waals surface area contributed by atoms with E-state index in [1.807, 2.05) is 6.92 Å². The molecule has 6 nitrogen and oxygen atoms in total. The van der Waals surface area contributed by atoms with Crippen LogP contribution in [0, 0.1) is 11.6 Å². The lowest BCUT2D eigenvalue weighted by atomic mass is 10.1. The van der Waals surface area contributed by atoms with Crippen LogP contribution < -0.4 is 20.1 Å². The van der Waals surface area contributed by atoms with Crippen molar-refractivity contribution < 1.29 is 27.8 Å². The van der Waals surface area contributed by atoms with Crippen LogP contribution in [0.3, 0.4) is 0 Å². The van der Waals surface area contributed by atoms with Crippen molar-refractivity contribution in [1.29, 1.82) is 0 Å². The molecule has 8 heteroatoms. The number of carbonyl (C=O) groups excluding carboxylic acids is 2. The second kappa shape index (κ2) is 11.8. The largest absolute Gasteiger partial charge is 0.493 e. The predicted molar refractivity (Wildman–Crippen MR) is 124 cm³/mol. The molecule has 0 unspecified atom stereocenters. The molecule has 0 saturated carbocycles. The molecule has 0 aliphatic heterocycles. The van der Waals surface area contributed by atoms with Gasteiger partial charge in [-0.3, -0.25) is 9.59 Å². The van der Waals surface area contributed by atoms with Crippen LogP contribution in [0.15, 0.2) is 66.7 Å². The quantitative estimate of drug-likeness (QED) is 0.324. The normalized spacial score (nSPS) is 10.6. The summed E-state index contributed by atoms with van der Waals surface area (Å²) < 4.78 is 37.7. The van der Waals surface area contributed by atoms with Gasteiger partial charge in [0.15, 0.2) is 11.5 Å². The van der Waals surface area contributed by atoms with Crippen LogP contribution in [0.5, 0.6) is 11.5 Å². The van der Waals surface area contributed by atoms with E-state index in [4.69, 9.17) is 9.47 Å². The van der Waals surface area contributed by atoms with Crippen LogP contribution in [-0.2, 0) is 0 Å². The van der Waals surface area contributed by atoms with E-state index < -0.39 is 29.6 Å². The first kappa shape index (κ1) is 24.7. The van der Waals surface area contributed by atoms with Gasteiger partial charge in [-0.2, -0.15) is 0 Å². The fourth-order valence-corrected chi connectivity index (χ4v) is 3.15. The van der Waals surface area contributed by atoms with Gasteiger partial charge >= 0.3 is 0 Å². The molecule has 0 saturated heterocycles. The number of halogens is 2. The van der Waals surface area contributed by atoms with Crippen molar-refractivity contribution in [2.45, 2.75) is 25.9 Å². The smallest absolute Gasteiger partial charge is 0.253 e. The minimum Gasteiger partial charge on any atom is -0.493 e. The van der Waals surface area contributed by atoms with Gasteiger partial charge in [-0.1, -0.05) is 19.4 Å². The lowest BCUT2D eigenvalue weighted by molar-refractivity contribution is 0.0883. The fraction of sp³-hybridized carbons (Fsp3) is 0.231. The van der Waals surface area contributed by atoms with Gasteiger partial charge in [-0.05, 0) is 72.6 Å². The average molecular weight is 469 g/mol. The molecule has 34 heavy (non-hydrogen) atoms. The molecule has 3 aromatic carbocycles. The average Bonchev–Trinajstić information content (AvgIpc) is 2.84. The van der Waals surface area contributed by atoms with Crippen molar-refractivity contribution in [2.75, 3.05) is 13.7 Å². The Hall–Kier alpha value is -3.94. The number of benzene rings is 3. The molecular formula is C26H26F2N2O4. The van der Waals surface area contributed by atoms with Gasteiger partial charge in [0, 0.05) is 11.1 Å². The molecule has 0 bridgehead atoms. The Labute approximate surface area is 196 Å². The highest BCUT2D eigenvalue weighted by molar-refractivity contribution is 5.96. The summed E-state index contributed by atoms with van der Waals surface area (Å²) in [5.41, 5.74) is 0.962. The molecule has 0 fully saturated rings. The maximum atomic E-state index is 13.3. The third kappa shape index (κ3) is 6.54. The number of amides is 2. The molecule has 0 radical (unpaired) electrons. The van der Waals surface area contributed by atoms with Crippen LogP contribution in [0.4, 0.5) is 8.78 Å². The zero-order valence-corrected chi connectivity index (χ0v) is 18.9. The van der Waals surface area contributed by atoms with E-state index in [1.54, 1.807) is 18.2 Å². The van der Waals surface area contributed by atoms with Gasteiger partial charge in [0.1, 0.15) is 17.8 Å². The second-order valence-corrected chi connectivity index (χ2v) is 7.51.